The van der Waals surface area contributed by atoms with Crippen molar-refractivity contribution >= 4 is 5.69 Å². The lowest BCUT2D eigenvalue weighted by molar-refractivity contribution is 0.187. The molecule has 0 saturated carbocycles. The molecule has 0 saturated heterocycles. The van der Waals surface area contributed by atoms with Crippen LogP contribution in [-0.4, -0.2) is 24.6 Å². The number of nitrogen functional groups attached to an aromatic ring is 1. The number of anilines is 1. The van der Waals surface area contributed by atoms with Crippen molar-refractivity contribution in [1.29, 1.82) is 0 Å². The van der Waals surface area contributed by atoms with Gasteiger partial charge in [-0.25, -0.2) is 0 Å². The highest BCUT2D eigenvalue weighted by Crippen LogP contribution is 2.23. The molecule has 0 spiro atoms. The van der Waals surface area contributed by atoms with Crippen molar-refractivity contribution in [3.8, 4) is 5.75 Å². The van der Waals surface area contributed by atoms with E-state index >= 15 is 0 Å². The van der Waals surface area contributed by atoms with Gasteiger partial charge in [0.2, 0.25) is 0 Å². The SMILES string of the molecule is COc1ccc(N)cc1CN(CC(C)C)C(C)C. The maximum Gasteiger partial charge on any atom is 0.123 e. The van der Waals surface area contributed by atoms with E-state index in [1.807, 2.05) is 18.2 Å². The molecule has 3 heteroatoms. The molecule has 1 aromatic carbocycles. The Morgan fingerprint density at radius 1 is 1.22 bits per heavy atom. The zero-order valence-electron chi connectivity index (χ0n) is 12.2. The lowest BCUT2D eigenvalue weighted by Gasteiger charge is -2.29. The molecule has 0 bridgehead atoms. The second kappa shape index (κ2) is 6.64. The third-order valence-corrected chi connectivity index (χ3v) is 3.01. The van der Waals surface area contributed by atoms with Crippen LogP contribution in [0.3, 0.4) is 0 Å². The monoisotopic (exact) mass is 250 g/mol. The van der Waals surface area contributed by atoms with E-state index in [1.54, 1.807) is 7.11 Å². The summed E-state index contributed by atoms with van der Waals surface area (Å²) >= 11 is 0. The highest BCUT2D eigenvalue weighted by atomic mass is 16.5. The molecule has 0 aromatic heterocycles. The van der Waals surface area contributed by atoms with Gasteiger partial charge in [0, 0.05) is 30.4 Å². The maximum absolute atomic E-state index is 5.86. The lowest BCUT2D eigenvalue weighted by atomic mass is 10.1. The van der Waals surface area contributed by atoms with Crippen LogP contribution in [0.25, 0.3) is 0 Å². The van der Waals surface area contributed by atoms with Crippen LogP contribution in [0.5, 0.6) is 5.75 Å². The molecule has 102 valence electrons. The van der Waals surface area contributed by atoms with Gasteiger partial charge < -0.3 is 10.5 Å². The van der Waals surface area contributed by atoms with Gasteiger partial charge in [0.05, 0.1) is 7.11 Å². The zero-order chi connectivity index (χ0) is 13.7. The van der Waals surface area contributed by atoms with E-state index in [9.17, 15) is 0 Å². The lowest BCUT2D eigenvalue weighted by Crippen LogP contribution is -2.33. The fraction of sp³-hybridized carbons (Fsp3) is 0.600. The fourth-order valence-electron chi connectivity index (χ4n) is 2.07. The van der Waals surface area contributed by atoms with E-state index in [-0.39, 0.29) is 0 Å². The first kappa shape index (κ1) is 14.8. The third-order valence-electron chi connectivity index (χ3n) is 3.01. The molecule has 0 amide bonds. The molecule has 0 aliphatic rings. The Morgan fingerprint density at radius 2 is 1.89 bits per heavy atom. The zero-order valence-corrected chi connectivity index (χ0v) is 12.2. The van der Waals surface area contributed by atoms with Crippen LogP contribution in [-0.2, 0) is 6.54 Å². The molecule has 18 heavy (non-hydrogen) atoms. The molecular weight excluding hydrogens is 224 g/mol. The van der Waals surface area contributed by atoms with Crippen LogP contribution in [0.1, 0.15) is 33.3 Å². The van der Waals surface area contributed by atoms with Crippen molar-refractivity contribution in [2.75, 3.05) is 19.4 Å². The predicted octanol–water partition coefficient (Wildman–Crippen LogP) is 3.14. The Kier molecular flexibility index (Phi) is 5.48. The summed E-state index contributed by atoms with van der Waals surface area (Å²) in [5.41, 5.74) is 7.81. The summed E-state index contributed by atoms with van der Waals surface area (Å²) in [5, 5.41) is 0. The minimum absolute atomic E-state index is 0.513. The normalized spacial score (nSPS) is 11.6. The summed E-state index contributed by atoms with van der Waals surface area (Å²) < 4.78 is 5.40. The summed E-state index contributed by atoms with van der Waals surface area (Å²) in [7, 11) is 1.71. The molecule has 0 aliphatic heterocycles. The summed E-state index contributed by atoms with van der Waals surface area (Å²) in [6.07, 6.45) is 0. The van der Waals surface area contributed by atoms with Crippen molar-refractivity contribution in [2.24, 2.45) is 5.92 Å². The van der Waals surface area contributed by atoms with Gasteiger partial charge in [0.15, 0.2) is 0 Å². The first-order valence-electron chi connectivity index (χ1n) is 6.60. The van der Waals surface area contributed by atoms with E-state index in [0.29, 0.717) is 12.0 Å². The predicted molar refractivity (Wildman–Crippen MR) is 77.8 cm³/mol. The van der Waals surface area contributed by atoms with Crippen molar-refractivity contribution < 1.29 is 4.74 Å². The largest absolute Gasteiger partial charge is 0.496 e. The first-order chi connectivity index (χ1) is 8.43. The van der Waals surface area contributed by atoms with Crippen molar-refractivity contribution in [1.82, 2.24) is 4.90 Å². The first-order valence-corrected chi connectivity index (χ1v) is 6.60. The molecule has 0 unspecified atom stereocenters. The highest BCUT2D eigenvalue weighted by molar-refractivity contribution is 5.47. The molecule has 0 atom stereocenters. The van der Waals surface area contributed by atoms with E-state index < -0.39 is 0 Å². The van der Waals surface area contributed by atoms with Crippen LogP contribution in [0.15, 0.2) is 18.2 Å². The van der Waals surface area contributed by atoms with Crippen molar-refractivity contribution in [2.45, 2.75) is 40.3 Å². The smallest absolute Gasteiger partial charge is 0.123 e. The van der Waals surface area contributed by atoms with Crippen LogP contribution in [0.2, 0.25) is 0 Å². The topological polar surface area (TPSA) is 38.5 Å². The van der Waals surface area contributed by atoms with Gasteiger partial charge in [0.25, 0.3) is 0 Å². The summed E-state index contributed by atoms with van der Waals surface area (Å²) in [5.74, 6) is 1.57. The van der Waals surface area contributed by atoms with Gasteiger partial charge >= 0.3 is 0 Å². The van der Waals surface area contributed by atoms with Crippen molar-refractivity contribution in [3.63, 3.8) is 0 Å². The number of rotatable bonds is 6. The second-order valence-corrected chi connectivity index (χ2v) is 5.49. The second-order valence-electron chi connectivity index (χ2n) is 5.49. The van der Waals surface area contributed by atoms with Gasteiger partial charge in [-0.1, -0.05) is 13.8 Å². The van der Waals surface area contributed by atoms with E-state index in [2.05, 4.69) is 32.6 Å². The Morgan fingerprint density at radius 3 is 2.39 bits per heavy atom. The number of nitrogens with zero attached hydrogens (tertiary/aromatic N) is 1. The van der Waals surface area contributed by atoms with Gasteiger partial charge in [0.1, 0.15) is 5.75 Å². The number of methoxy groups -OCH3 is 1. The number of hydrogen-bond acceptors (Lipinski definition) is 3. The quantitative estimate of drug-likeness (QED) is 0.788. The molecule has 2 N–H and O–H groups in total. The van der Waals surface area contributed by atoms with Gasteiger partial charge in [-0.3, -0.25) is 4.90 Å². The highest BCUT2D eigenvalue weighted by Gasteiger charge is 2.14. The van der Waals surface area contributed by atoms with E-state index in [0.717, 1.165) is 30.1 Å². The van der Waals surface area contributed by atoms with Crippen molar-refractivity contribution in [3.05, 3.63) is 23.8 Å². The van der Waals surface area contributed by atoms with Gasteiger partial charge in [-0.15, -0.1) is 0 Å². The van der Waals surface area contributed by atoms with Crippen LogP contribution < -0.4 is 10.5 Å². The average Bonchev–Trinajstić information content (AvgIpc) is 2.27. The van der Waals surface area contributed by atoms with Gasteiger partial charge in [-0.05, 0) is 38.0 Å². The van der Waals surface area contributed by atoms with E-state index in [4.69, 9.17) is 10.5 Å². The average molecular weight is 250 g/mol. The summed E-state index contributed by atoms with van der Waals surface area (Å²) in [6.45, 7) is 10.9. The number of benzene rings is 1. The third kappa shape index (κ3) is 4.22. The van der Waals surface area contributed by atoms with Crippen LogP contribution in [0, 0.1) is 5.92 Å². The molecule has 0 aliphatic carbocycles. The fourth-order valence-corrected chi connectivity index (χ4v) is 2.07. The Bertz CT molecular complexity index is 375. The maximum atomic E-state index is 5.86. The Labute approximate surface area is 111 Å². The minimum atomic E-state index is 0.513. The molecule has 0 heterocycles. The number of ether oxygens (including phenoxy) is 1. The molecule has 3 nitrogen and oxygen atoms in total. The van der Waals surface area contributed by atoms with Crippen LogP contribution in [0.4, 0.5) is 5.69 Å². The summed E-state index contributed by atoms with van der Waals surface area (Å²) in [6, 6.07) is 6.34. The number of hydrogen-bond donors (Lipinski definition) is 1. The van der Waals surface area contributed by atoms with E-state index in [1.165, 1.54) is 0 Å². The number of nitrogens with two attached hydrogens (primary N) is 1. The minimum Gasteiger partial charge on any atom is -0.496 e. The molecule has 1 rings (SSSR count). The molecule has 0 radical (unpaired) electrons. The Hall–Kier alpha value is -1.22. The molecule has 0 fully saturated rings. The Balaban J connectivity index is 2.88. The standard InChI is InChI=1S/C15H26N2O/c1-11(2)9-17(12(3)4)10-13-8-14(16)6-7-15(13)18-5/h6-8,11-12H,9-10,16H2,1-5H3. The van der Waals surface area contributed by atoms with Gasteiger partial charge in [-0.2, -0.15) is 0 Å². The molecular formula is C15H26N2O. The summed E-state index contributed by atoms with van der Waals surface area (Å²) in [4.78, 5) is 2.45. The van der Waals surface area contributed by atoms with Crippen LogP contribution >= 0.6 is 0 Å². The molecule has 1 aromatic rings.